The summed E-state index contributed by atoms with van der Waals surface area (Å²) >= 11 is 0. The van der Waals surface area contributed by atoms with Gasteiger partial charge in [-0.25, -0.2) is 0 Å². The van der Waals surface area contributed by atoms with E-state index in [0.717, 1.165) is 24.5 Å². The number of fused-ring (bicyclic) bond motifs is 1. The Morgan fingerprint density at radius 2 is 1.94 bits per heavy atom. The van der Waals surface area contributed by atoms with E-state index in [2.05, 4.69) is 32.2 Å². The molecule has 0 saturated carbocycles. The molecule has 0 fully saturated rings. The summed E-state index contributed by atoms with van der Waals surface area (Å²) in [5.41, 5.74) is 8.21. The lowest BCUT2D eigenvalue weighted by molar-refractivity contribution is 0.174. The average Bonchev–Trinajstić information content (AvgIpc) is 2.76. The molecule has 2 rings (SSSR count). The summed E-state index contributed by atoms with van der Waals surface area (Å²) < 4.78 is 10.8. The molecule has 0 unspecified atom stereocenters. The normalized spacial score (nSPS) is 14.0. The minimum atomic E-state index is -0.00968. The summed E-state index contributed by atoms with van der Waals surface area (Å²) in [6, 6.07) is 4.13. The van der Waals surface area contributed by atoms with Gasteiger partial charge in [0.2, 0.25) is 6.79 Å². The van der Waals surface area contributed by atoms with E-state index in [9.17, 15) is 0 Å². The van der Waals surface area contributed by atoms with E-state index < -0.39 is 0 Å². The van der Waals surface area contributed by atoms with Gasteiger partial charge in [-0.1, -0.05) is 0 Å². The molecule has 18 heavy (non-hydrogen) atoms. The molecule has 1 heterocycles. The first-order valence-electron chi connectivity index (χ1n) is 6.36. The average molecular weight is 250 g/mol. The van der Waals surface area contributed by atoms with Crippen LogP contribution in [0.2, 0.25) is 0 Å². The first-order chi connectivity index (χ1) is 8.52. The van der Waals surface area contributed by atoms with Crippen LogP contribution in [0.25, 0.3) is 0 Å². The van der Waals surface area contributed by atoms with E-state index in [4.69, 9.17) is 15.2 Å². The fourth-order valence-electron chi connectivity index (χ4n) is 1.96. The molecule has 4 nitrogen and oxygen atoms in total. The molecule has 0 spiro atoms. The number of nitrogens with one attached hydrogen (secondary N) is 1. The standard InChI is InChI=1S/C14H22N2O2/c1-10-6-12-13(18-9-17-12)7-11(10)4-5-16-14(2,3)8-15/h6-7,16H,4-5,8-9,15H2,1-3H3. The summed E-state index contributed by atoms with van der Waals surface area (Å²) in [5.74, 6) is 1.71. The van der Waals surface area contributed by atoms with Gasteiger partial charge in [0.05, 0.1) is 0 Å². The second-order valence-electron chi connectivity index (χ2n) is 5.40. The van der Waals surface area contributed by atoms with Gasteiger partial charge in [-0.05, 0) is 57.0 Å². The third kappa shape index (κ3) is 2.94. The van der Waals surface area contributed by atoms with Crippen molar-refractivity contribution in [1.82, 2.24) is 5.32 Å². The molecule has 1 aromatic rings. The molecule has 0 radical (unpaired) electrons. The first kappa shape index (κ1) is 13.2. The van der Waals surface area contributed by atoms with Gasteiger partial charge >= 0.3 is 0 Å². The van der Waals surface area contributed by atoms with Gasteiger partial charge in [0, 0.05) is 12.1 Å². The molecule has 1 aromatic carbocycles. The molecule has 0 saturated heterocycles. The van der Waals surface area contributed by atoms with Gasteiger partial charge in [-0.15, -0.1) is 0 Å². The lowest BCUT2D eigenvalue weighted by Crippen LogP contribution is -2.46. The molecule has 0 aromatic heterocycles. The summed E-state index contributed by atoms with van der Waals surface area (Å²) in [4.78, 5) is 0. The Labute approximate surface area is 108 Å². The zero-order valence-electron chi connectivity index (χ0n) is 11.4. The van der Waals surface area contributed by atoms with Gasteiger partial charge in [0.25, 0.3) is 0 Å². The monoisotopic (exact) mass is 250 g/mol. The van der Waals surface area contributed by atoms with Gasteiger partial charge < -0.3 is 20.5 Å². The summed E-state index contributed by atoms with van der Waals surface area (Å²) in [7, 11) is 0. The highest BCUT2D eigenvalue weighted by atomic mass is 16.7. The summed E-state index contributed by atoms with van der Waals surface area (Å²) in [6.07, 6.45) is 0.964. The third-order valence-corrected chi connectivity index (χ3v) is 3.34. The molecule has 3 N–H and O–H groups in total. The fraction of sp³-hybridized carbons (Fsp3) is 0.571. The molecule has 1 aliphatic heterocycles. The van der Waals surface area contributed by atoms with Crippen LogP contribution in [-0.2, 0) is 6.42 Å². The maximum absolute atomic E-state index is 5.69. The second kappa shape index (κ2) is 5.16. The smallest absolute Gasteiger partial charge is 0.231 e. The van der Waals surface area contributed by atoms with Crippen LogP contribution in [0.1, 0.15) is 25.0 Å². The number of hydrogen-bond donors (Lipinski definition) is 2. The Morgan fingerprint density at radius 3 is 2.61 bits per heavy atom. The van der Waals surface area contributed by atoms with Gasteiger partial charge in [-0.2, -0.15) is 0 Å². The van der Waals surface area contributed by atoms with Gasteiger partial charge in [0.1, 0.15) is 0 Å². The maximum atomic E-state index is 5.69. The number of rotatable bonds is 5. The number of hydrogen-bond acceptors (Lipinski definition) is 4. The second-order valence-corrected chi connectivity index (χ2v) is 5.40. The van der Waals surface area contributed by atoms with Gasteiger partial charge in [-0.3, -0.25) is 0 Å². The van der Waals surface area contributed by atoms with E-state index in [1.807, 2.05) is 6.07 Å². The lowest BCUT2D eigenvalue weighted by Gasteiger charge is -2.24. The van der Waals surface area contributed by atoms with E-state index in [1.54, 1.807) is 0 Å². The van der Waals surface area contributed by atoms with Crippen LogP contribution < -0.4 is 20.5 Å². The van der Waals surface area contributed by atoms with Crippen molar-refractivity contribution in [3.05, 3.63) is 23.3 Å². The Hall–Kier alpha value is -1.26. The lowest BCUT2D eigenvalue weighted by atomic mass is 10.0. The van der Waals surface area contributed by atoms with Crippen LogP contribution in [-0.4, -0.2) is 25.4 Å². The van der Waals surface area contributed by atoms with E-state index in [0.29, 0.717) is 13.3 Å². The number of ether oxygens (including phenoxy) is 2. The first-order valence-corrected chi connectivity index (χ1v) is 6.36. The maximum Gasteiger partial charge on any atom is 0.231 e. The Balaban J connectivity index is 1.98. The molecular weight excluding hydrogens is 228 g/mol. The minimum Gasteiger partial charge on any atom is -0.454 e. The molecule has 0 atom stereocenters. The van der Waals surface area contributed by atoms with Crippen molar-refractivity contribution in [2.75, 3.05) is 19.9 Å². The predicted molar refractivity (Wildman–Crippen MR) is 72.1 cm³/mol. The number of benzene rings is 1. The van der Waals surface area contributed by atoms with Crippen molar-refractivity contribution in [3.8, 4) is 11.5 Å². The molecular formula is C14H22N2O2. The van der Waals surface area contributed by atoms with Crippen molar-refractivity contribution < 1.29 is 9.47 Å². The SMILES string of the molecule is Cc1cc2c(cc1CCNC(C)(C)CN)OCO2. The van der Waals surface area contributed by atoms with Crippen molar-refractivity contribution in [2.45, 2.75) is 32.7 Å². The summed E-state index contributed by atoms with van der Waals surface area (Å²) in [5, 5.41) is 3.46. The highest BCUT2D eigenvalue weighted by molar-refractivity contribution is 5.48. The quantitative estimate of drug-likeness (QED) is 0.833. The fourth-order valence-corrected chi connectivity index (χ4v) is 1.96. The molecule has 0 bridgehead atoms. The minimum absolute atomic E-state index is 0.00968. The van der Waals surface area contributed by atoms with Crippen LogP contribution in [0.3, 0.4) is 0 Å². The highest BCUT2D eigenvalue weighted by Crippen LogP contribution is 2.34. The van der Waals surface area contributed by atoms with Crippen molar-refractivity contribution in [1.29, 1.82) is 0 Å². The zero-order chi connectivity index (χ0) is 13.2. The van der Waals surface area contributed by atoms with Crippen LogP contribution >= 0.6 is 0 Å². The van der Waals surface area contributed by atoms with Crippen molar-refractivity contribution >= 4 is 0 Å². The molecule has 100 valence electrons. The van der Waals surface area contributed by atoms with E-state index in [-0.39, 0.29) is 5.54 Å². The number of aryl methyl sites for hydroxylation is 1. The van der Waals surface area contributed by atoms with Crippen molar-refractivity contribution in [3.63, 3.8) is 0 Å². The van der Waals surface area contributed by atoms with E-state index in [1.165, 1.54) is 11.1 Å². The zero-order valence-corrected chi connectivity index (χ0v) is 11.4. The Kier molecular flexibility index (Phi) is 3.78. The molecule has 4 heteroatoms. The van der Waals surface area contributed by atoms with Crippen LogP contribution in [0.4, 0.5) is 0 Å². The van der Waals surface area contributed by atoms with Crippen molar-refractivity contribution in [2.24, 2.45) is 5.73 Å². The van der Waals surface area contributed by atoms with Crippen LogP contribution in [0, 0.1) is 6.92 Å². The Bertz CT molecular complexity index is 430. The molecule has 0 amide bonds. The molecule has 0 aliphatic carbocycles. The van der Waals surface area contributed by atoms with Gasteiger partial charge in [0.15, 0.2) is 11.5 Å². The number of nitrogens with two attached hydrogens (primary N) is 1. The van der Waals surface area contributed by atoms with Crippen LogP contribution in [0.15, 0.2) is 12.1 Å². The Morgan fingerprint density at radius 1 is 1.28 bits per heavy atom. The third-order valence-electron chi connectivity index (χ3n) is 3.34. The predicted octanol–water partition coefficient (Wildman–Crippen LogP) is 1.59. The molecule has 1 aliphatic rings. The van der Waals surface area contributed by atoms with E-state index >= 15 is 0 Å². The topological polar surface area (TPSA) is 56.5 Å². The summed E-state index contributed by atoms with van der Waals surface area (Å²) in [6.45, 7) is 8.19. The largest absolute Gasteiger partial charge is 0.454 e. The highest BCUT2D eigenvalue weighted by Gasteiger charge is 2.17. The van der Waals surface area contributed by atoms with Crippen LogP contribution in [0.5, 0.6) is 11.5 Å².